The van der Waals surface area contributed by atoms with Crippen LogP contribution in [0.5, 0.6) is 0 Å². The SMILES string of the molecule is CN(C)c1ccc(C2(c3ccccc3)C=Cc3c(-c4ccccn4)n[nH]c3C2)cc1. The predicted octanol–water partition coefficient (Wildman–Crippen LogP) is 5.09. The number of aromatic amines is 1. The zero-order valence-electron chi connectivity index (χ0n) is 17.2. The smallest absolute Gasteiger partial charge is 0.118 e. The number of anilines is 1. The highest BCUT2D eigenvalue weighted by atomic mass is 15.1. The molecule has 0 aliphatic heterocycles. The Morgan fingerprint density at radius 2 is 1.60 bits per heavy atom. The van der Waals surface area contributed by atoms with Crippen LogP contribution in [0.15, 0.2) is 85.1 Å². The molecule has 2 heterocycles. The Balaban J connectivity index is 1.63. The first-order chi connectivity index (χ1) is 14.7. The van der Waals surface area contributed by atoms with Gasteiger partial charge in [-0.1, -0.05) is 60.7 Å². The third-order valence-electron chi connectivity index (χ3n) is 5.97. The fourth-order valence-electron chi connectivity index (χ4n) is 4.32. The molecule has 4 nitrogen and oxygen atoms in total. The van der Waals surface area contributed by atoms with Crippen LogP contribution in [0.1, 0.15) is 22.4 Å². The second kappa shape index (κ2) is 7.30. The largest absolute Gasteiger partial charge is 0.378 e. The van der Waals surface area contributed by atoms with E-state index < -0.39 is 0 Å². The van der Waals surface area contributed by atoms with Gasteiger partial charge in [0.05, 0.1) is 5.69 Å². The van der Waals surface area contributed by atoms with E-state index >= 15 is 0 Å². The number of benzene rings is 2. The lowest BCUT2D eigenvalue weighted by molar-refractivity contribution is 0.620. The minimum absolute atomic E-state index is 0.243. The first-order valence-corrected chi connectivity index (χ1v) is 10.2. The third kappa shape index (κ3) is 3.01. The summed E-state index contributed by atoms with van der Waals surface area (Å²) in [7, 11) is 4.14. The van der Waals surface area contributed by atoms with Crippen molar-refractivity contribution in [3.8, 4) is 11.4 Å². The Bertz CT molecular complexity index is 1170. The molecule has 0 saturated heterocycles. The minimum atomic E-state index is -0.243. The van der Waals surface area contributed by atoms with Gasteiger partial charge in [-0.05, 0) is 35.4 Å². The van der Waals surface area contributed by atoms with Crippen LogP contribution in [-0.4, -0.2) is 29.3 Å². The van der Waals surface area contributed by atoms with E-state index in [0.717, 1.165) is 29.1 Å². The van der Waals surface area contributed by atoms with Gasteiger partial charge in [-0.15, -0.1) is 0 Å². The molecule has 2 aromatic heterocycles. The molecular weight excluding hydrogens is 368 g/mol. The maximum Gasteiger partial charge on any atom is 0.118 e. The number of rotatable bonds is 4. The maximum absolute atomic E-state index is 4.61. The number of hydrogen-bond donors (Lipinski definition) is 1. The Kier molecular flexibility index (Phi) is 4.47. The average molecular weight is 393 g/mol. The fourth-order valence-corrected chi connectivity index (χ4v) is 4.32. The summed E-state index contributed by atoms with van der Waals surface area (Å²) in [5.41, 5.74) is 7.57. The van der Waals surface area contributed by atoms with Gasteiger partial charge in [0.2, 0.25) is 0 Å². The second-order valence-corrected chi connectivity index (χ2v) is 7.97. The van der Waals surface area contributed by atoms with Crippen LogP contribution in [0.3, 0.4) is 0 Å². The molecule has 4 aromatic rings. The molecule has 2 aromatic carbocycles. The Hall–Kier alpha value is -3.66. The van der Waals surface area contributed by atoms with Gasteiger partial charge >= 0.3 is 0 Å². The number of allylic oxidation sites excluding steroid dienone is 1. The molecule has 5 rings (SSSR count). The van der Waals surface area contributed by atoms with Gasteiger partial charge in [-0.2, -0.15) is 5.10 Å². The third-order valence-corrected chi connectivity index (χ3v) is 5.97. The summed E-state index contributed by atoms with van der Waals surface area (Å²) < 4.78 is 0. The van der Waals surface area contributed by atoms with Crippen LogP contribution in [0.4, 0.5) is 5.69 Å². The van der Waals surface area contributed by atoms with E-state index in [0.29, 0.717) is 0 Å². The first kappa shape index (κ1) is 18.4. The van der Waals surface area contributed by atoms with Crippen molar-refractivity contribution in [3.05, 3.63) is 107 Å². The van der Waals surface area contributed by atoms with Gasteiger partial charge < -0.3 is 4.90 Å². The van der Waals surface area contributed by atoms with Crippen LogP contribution in [0.25, 0.3) is 17.5 Å². The summed E-state index contributed by atoms with van der Waals surface area (Å²) in [5, 5.41) is 7.91. The van der Waals surface area contributed by atoms with Crippen molar-refractivity contribution in [1.82, 2.24) is 15.2 Å². The second-order valence-electron chi connectivity index (χ2n) is 7.97. The van der Waals surface area contributed by atoms with Gasteiger partial charge in [0, 0.05) is 49.1 Å². The molecule has 1 aliphatic carbocycles. The lowest BCUT2D eigenvalue weighted by Crippen LogP contribution is -2.30. The number of pyridine rings is 1. The lowest BCUT2D eigenvalue weighted by atomic mass is 9.68. The number of hydrogen-bond acceptors (Lipinski definition) is 3. The molecule has 0 saturated carbocycles. The molecule has 0 fully saturated rings. The zero-order chi connectivity index (χ0) is 20.6. The molecule has 4 heteroatoms. The van der Waals surface area contributed by atoms with Crippen molar-refractivity contribution in [2.75, 3.05) is 19.0 Å². The maximum atomic E-state index is 4.61. The fraction of sp³-hybridized carbons (Fsp3) is 0.154. The average Bonchev–Trinajstić information content (AvgIpc) is 3.23. The van der Waals surface area contributed by atoms with Crippen LogP contribution >= 0.6 is 0 Å². The molecule has 1 N–H and O–H groups in total. The molecule has 30 heavy (non-hydrogen) atoms. The Morgan fingerprint density at radius 3 is 2.30 bits per heavy atom. The van der Waals surface area contributed by atoms with Crippen LogP contribution in [0, 0.1) is 0 Å². The normalized spacial score (nSPS) is 17.5. The van der Waals surface area contributed by atoms with E-state index in [4.69, 9.17) is 0 Å². The zero-order valence-corrected chi connectivity index (χ0v) is 17.2. The molecule has 0 spiro atoms. The molecule has 0 radical (unpaired) electrons. The summed E-state index contributed by atoms with van der Waals surface area (Å²) in [6.45, 7) is 0. The molecule has 148 valence electrons. The minimum Gasteiger partial charge on any atom is -0.378 e. The standard InChI is InChI=1S/C26H24N4/c1-30(2)21-13-11-20(12-14-21)26(19-8-4-3-5-9-19)16-15-22-24(18-26)28-29-25(22)23-10-6-7-17-27-23/h3-17H,18H2,1-2H3,(H,28,29). The van der Waals surface area contributed by atoms with E-state index in [1.165, 1.54) is 16.8 Å². The van der Waals surface area contributed by atoms with Crippen LogP contribution < -0.4 is 4.90 Å². The van der Waals surface area contributed by atoms with Crippen molar-refractivity contribution in [2.45, 2.75) is 11.8 Å². The summed E-state index contributed by atoms with van der Waals surface area (Å²) in [6.07, 6.45) is 7.17. The molecular formula is C26H24N4. The van der Waals surface area contributed by atoms with Crippen molar-refractivity contribution in [3.63, 3.8) is 0 Å². The topological polar surface area (TPSA) is 44.8 Å². The van der Waals surface area contributed by atoms with E-state index in [1.807, 2.05) is 24.4 Å². The van der Waals surface area contributed by atoms with Crippen molar-refractivity contribution in [1.29, 1.82) is 0 Å². The van der Waals surface area contributed by atoms with Crippen molar-refractivity contribution in [2.24, 2.45) is 0 Å². The van der Waals surface area contributed by atoms with E-state index in [-0.39, 0.29) is 5.41 Å². The number of H-pyrrole nitrogens is 1. The van der Waals surface area contributed by atoms with E-state index in [9.17, 15) is 0 Å². The quantitative estimate of drug-likeness (QED) is 0.526. The number of aromatic nitrogens is 3. The van der Waals surface area contributed by atoms with Crippen LogP contribution in [-0.2, 0) is 11.8 Å². The molecule has 0 amide bonds. The van der Waals surface area contributed by atoms with Crippen LogP contribution in [0.2, 0.25) is 0 Å². The number of fused-ring (bicyclic) bond motifs is 1. The van der Waals surface area contributed by atoms with Crippen molar-refractivity contribution < 1.29 is 0 Å². The summed E-state index contributed by atoms with van der Waals surface area (Å²) >= 11 is 0. The summed E-state index contributed by atoms with van der Waals surface area (Å²) in [6, 6.07) is 25.5. The predicted molar refractivity (Wildman–Crippen MR) is 123 cm³/mol. The molecule has 0 bridgehead atoms. The number of nitrogens with zero attached hydrogens (tertiary/aromatic N) is 3. The van der Waals surface area contributed by atoms with Gasteiger partial charge in [-0.25, -0.2) is 0 Å². The highest BCUT2D eigenvalue weighted by Crippen LogP contribution is 2.43. The highest BCUT2D eigenvalue weighted by molar-refractivity contribution is 5.75. The monoisotopic (exact) mass is 392 g/mol. The molecule has 1 atom stereocenters. The van der Waals surface area contributed by atoms with Gasteiger partial charge in [0.15, 0.2) is 0 Å². The highest BCUT2D eigenvalue weighted by Gasteiger charge is 2.36. The first-order valence-electron chi connectivity index (χ1n) is 10.2. The molecule has 1 aliphatic rings. The van der Waals surface area contributed by atoms with Crippen molar-refractivity contribution >= 4 is 11.8 Å². The molecule has 1 unspecified atom stereocenters. The van der Waals surface area contributed by atoms with Gasteiger partial charge in [-0.3, -0.25) is 10.1 Å². The van der Waals surface area contributed by atoms with Gasteiger partial charge in [0.1, 0.15) is 5.69 Å². The van der Waals surface area contributed by atoms with Gasteiger partial charge in [0.25, 0.3) is 0 Å². The van der Waals surface area contributed by atoms with E-state index in [1.54, 1.807) is 0 Å². The number of nitrogens with one attached hydrogen (secondary N) is 1. The summed E-state index contributed by atoms with van der Waals surface area (Å²) in [4.78, 5) is 6.61. The lowest BCUT2D eigenvalue weighted by Gasteiger charge is -2.34. The summed E-state index contributed by atoms with van der Waals surface area (Å²) in [5.74, 6) is 0. The Labute approximate surface area is 176 Å². The van der Waals surface area contributed by atoms with E-state index in [2.05, 4.69) is 101 Å². The Morgan fingerprint density at radius 1 is 0.867 bits per heavy atom.